The second kappa shape index (κ2) is 7.07. The number of amides is 1. The molecular weight excluding hydrogens is 290 g/mol. The fourth-order valence-corrected chi connectivity index (χ4v) is 4.37. The van der Waals surface area contributed by atoms with Crippen molar-refractivity contribution in [3.8, 4) is 0 Å². The van der Waals surface area contributed by atoms with E-state index in [9.17, 15) is 13.2 Å². The largest absolute Gasteiger partial charge is 0.353 e. The summed E-state index contributed by atoms with van der Waals surface area (Å²) in [5.41, 5.74) is 0. The summed E-state index contributed by atoms with van der Waals surface area (Å²) in [6.07, 6.45) is 6.00. The highest BCUT2D eigenvalue weighted by Gasteiger charge is 2.34. The number of carbonyl (C=O) groups excluding carboxylic acids is 1. The summed E-state index contributed by atoms with van der Waals surface area (Å²) in [6, 6.07) is -0.216. The van der Waals surface area contributed by atoms with Gasteiger partial charge in [0.15, 0.2) is 0 Å². The van der Waals surface area contributed by atoms with Crippen LogP contribution in [0.4, 0.5) is 0 Å². The Hall–Kier alpha value is -0.660. The predicted molar refractivity (Wildman–Crippen MR) is 82.5 cm³/mol. The summed E-state index contributed by atoms with van der Waals surface area (Å²) >= 11 is 0. The molecule has 0 aromatic heterocycles. The van der Waals surface area contributed by atoms with E-state index in [4.69, 9.17) is 0 Å². The van der Waals surface area contributed by atoms with Gasteiger partial charge in [-0.15, -0.1) is 0 Å². The Balaban J connectivity index is 1.88. The Morgan fingerprint density at radius 3 is 2.43 bits per heavy atom. The molecule has 2 aliphatic rings. The van der Waals surface area contributed by atoms with Crippen LogP contribution in [0.3, 0.4) is 0 Å². The Labute approximate surface area is 127 Å². The van der Waals surface area contributed by atoms with Crippen molar-refractivity contribution in [2.75, 3.05) is 32.4 Å². The van der Waals surface area contributed by atoms with Crippen LogP contribution >= 0.6 is 0 Å². The number of hydrogen-bond donors (Lipinski definition) is 1. The minimum Gasteiger partial charge on any atom is -0.353 e. The third-order valence-corrected chi connectivity index (χ3v) is 5.81. The topological polar surface area (TPSA) is 69.7 Å². The molecule has 2 aliphatic heterocycles. The van der Waals surface area contributed by atoms with Crippen molar-refractivity contribution in [1.82, 2.24) is 14.5 Å². The quantitative estimate of drug-likeness (QED) is 0.797. The zero-order valence-electron chi connectivity index (χ0n) is 13.0. The van der Waals surface area contributed by atoms with Crippen LogP contribution in [0.1, 0.15) is 39.0 Å². The van der Waals surface area contributed by atoms with E-state index < -0.39 is 16.1 Å². The number of piperidine rings is 1. The van der Waals surface area contributed by atoms with Crippen LogP contribution in [0.2, 0.25) is 0 Å². The van der Waals surface area contributed by atoms with Crippen LogP contribution in [0.25, 0.3) is 0 Å². The number of rotatable bonds is 5. The van der Waals surface area contributed by atoms with Gasteiger partial charge in [-0.2, -0.15) is 4.31 Å². The zero-order valence-corrected chi connectivity index (χ0v) is 13.9. The van der Waals surface area contributed by atoms with E-state index in [1.807, 2.05) is 0 Å². The standard InChI is InChI=1S/C14H27N3O3S/c1-12(16-8-5-6-9-16)11-15-14(18)13-7-3-4-10-17(13)21(2,19)20/h12-13H,3-11H2,1-2H3,(H,15,18)/t12-,13+/m1/s1. The average molecular weight is 317 g/mol. The highest BCUT2D eigenvalue weighted by molar-refractivity contribution is 7.88. The first kappa shape index (κ1) is 16.7. The Kier molecular flexibility index (Phi) is 5.62. The number of nitrogens with zero attached hydrogens (tertiary/aromatic N) is 2. The van der Waals surface area contributed by atoms with E-state index in [1.54, 1.807) is 0 Å². The molecule has 0 aliphatic carbocycles. The molecule has 6 nitrogen and oxygen atoms in total. The molecule has 0 spiro atoms. The SMILES string of the molecule is C[C@H](CNC(=O)[C@@H]1CCCCN1S(C)(=O)=O)N1CCCC1. The zero-order chi connectivity index (χ0) is 15.5. The molecule has 0 bridgehead atoms. The molecule has 7 heteroatoms. The smallest absolute Gasteiger partial charge is 0.238 e. The molecular formula is C14H27N3O3S. The molecule has 2 heterocycles. The van der Waals surface area contributed by atoms with E-state index in [0.717, 1.165) is 25.9 Å². The minimum atomic E-state index is -3.31. The maximum absolute atomic E-state index is 12.3. The monoisotopic (exact) mass is 317 g/mol. The molecule has 1 amide bonds. The highest BCUT2D eigenvalue weighted by Crippen LogP contribution is 2.20. The van der Waals surface area contributed by atoms with Gasteiger partial charge in [-0.25, -0.2) is 8.42 Å². The summed E-state index contributed by atoms with van der Waals surface area (Å²) in [5, 5.41) is 2.94. The normalized spacial score (nSPS) is 26.7. The maximum Gasteiger partial charge on any atom is 0.238 e. The number of hydrogen-bond acceptors (Lipinski definition) is 4. The number of sulfonamides is 1. The van der Waals surface area contributed by atoms with Crippen LogP contribution in [0.15, 0.2) is 0 Å². The Bertz CT molecular complexity index is 460. The van der Waals surface area contributed by atoms with Crippen molar-refractivity contribution in [3.63, 3.8) is 0 Å². The molecule has 2 saturated heterocycles. The number of carbonyl (C=O) groups is 1. The van der Waals surface area contributed by atoms with Crippen LogP contribution in [-0.2, 0) is 14.8 Å². The third-order valence-electron chi connectivity index (χ3n) is 4.52. The second-order valence-electron chi connectivity index (χ2n) is 6.22. The molecule has 2 atom stereocenters. The summed E-state index contributed by atoms with van der Waals surface area (Å²) in [4.78, 5) is 14.7. The minimum absolute atomic E-state index is 0.147. The van der Waals surface area contributed by atoms with Gasteiger partial charge in [0.25, 0.3) is 0 Å². The maximum atomic E-state index is 12.3. The number of nitrogens with one attached hydrogen (secondary N) is 1. The molecule has 0 aromatic rings. The van der Waals surface area contributed by atoms with Crippen molar-refractivity contribution in [1.29, 1.82) is 0 Å². The van der Waals surface area contributed by atoms with Gasteiger partial charge < -0.3 is 5.32 Å². The molecule has 1 N–H and O–H groups in total. The van der Waals surface area contributed by atoms with Gasteiger partial charge in [0.2, 0.25) is 15.9 Å². The van der Waals surface area contributed by atoms with Gasteiger partial charge in [-0.1, -0.05) is 6.42 Å². The van der Waals surface area contributed by atoms with E-state index >= 15 is 0 Å². The average Bonchev–Trinajstić information content (AvgIpc) is 2.97. The van der Waals surface area contributed by atoms with Crippen LogP contribution in [-0.4, -0.2) is 68.0 Å². The van der Waals surface area contributed by atoms with Crippen molar-refractivity contribution in [3.05, 3.63) is 0 Å². The van der Waals surface area contributed by atoms with Gasteiger partial charge in [-0.05, 0) is 45.7 Å². The van der Waals surface area contributed by atoms with Crippen LogP contribution in [0.5, 0.6) is 0 Å². The van der Waals surface area contributed by atoms with Crippen molar-refractivity contribution < 1.29 is 13.2 Å². The van der Waals surface area contributed by atoms with E-state index in [1.165, 1.54) is 23.4 Å². The lowest BCUT2D eigenvalue weighted by Crippen LogP contribution is -2.53. The molecule has 2 rings (SSSR count). The number of likely N-dealkylation sites (tertiary alicyclic amines) is 1. The van der Waals surface area contributed by atoms with Gasteiger partial charge in [0.1, 0.15) is 6.04 Å². The molecule has 21 heavy (non-hydrogen) atoms. The lowest BCUT2D eigenvalue weighted by Gasteiger charge is -2.33. The molecule has 0 saturated carbocycles. The van der Waals surface area contributed by atoms with Crippen molar-refractivity contribution >= 4 is 15.9 Å². The van der Waals surface area contributed by atoms with Crippen molar-refractivity contribution in [2.24, 2.45) is 0 Å². The second-order valence-corrected chi connectivity index (χ2v) is 8.16. The molecule has 0 aromatic carbocycles. The third kappa shape index (κ3) is 4.40. The first-order chi connectivity index (χ1) is 9.89. The predicted octanol–water partition coefficient (Wildman–Crippen LogP) is 0.401. The van der Waals surface area contributed by atoms with Gasteiger partial charge in [0.05, 0.1) is 6.26 Å². The first-order valence-electron chi connectivity index (χ1n) is 7.88. The highest BCUT2D eigenvalue weighted by atomic mass is 32.2. The van der Waals surface area contributed by atoms with Crippen LogP contribution in [0, 0.1) is 0 Å². The molecule has 2 fully saturated rings. The van der Waals surface area contributed by atoms with Crippen LogP contribution < -0.4 is 5.32 Å². The summed E-state index contributed by atoms with van der Waals surface area (Å²) < 4.78 is 24.9. The Morgan fingerprint density at radius 2 is 1.81 bits per heavy atom. The van der Waals surface area contributed by atoms with Gasteiger partial charge in [-0.3, -0.25) is 9.69 Å². The summed E-state index contributed by atoms with van der Waals surface area (Å²) in [5.74, 6) is -0.147. The molecule has 0 radical (unpaired) electrons. The molecule has 0 unspecified atom stereocenters. The lowest BCUT2D eigenvalue weighted by atomic mass is 10.0. The van der Waals surface area contributed by atoms with E-state index in [-0.39, 0.29) is 5.91 Å². The summed E-state index contributed by atoms with van der Waals surface area (Å²) in [6.45, 7) is 5.35. The van der Waals surface area contributed by atoms with Gasteiger partial charge >= 0.3 is 0 Å². The molecule has 122 valence electrons. The van der Waals surface area contributed by atoms with Gasteiger partial charge in [0, 0.05) is 19.1 Å². The van der Waals surface area contributed by atoms with E-state index in [0.29, 0.717) is 25.6 Å². The Morgan fingerprint density at radius 1 is 1.19 bits per heavy atom. The van der Waals surface area contributed by atoms with Crippen molar-refractivity contribution in [2.45, 2.75) is 51.1 Å². The lowest BCUT2D eigenvalue weighted by molar-refractivity contribution is -0.125. The van der Waals surface area contributed by atoms with E-state index in [2.05, 4.69) is 17.1 Å². The summed E-state index contributed by atoms with van der Waals surface area (Å²) in [7, 11) is -3.31. The fourth-order valence-electron chi connectivity index (χ4n) is 3.24. The first-order valence-corrected chi connectivity index (χ1v) is 9.73. The fraction of sp³-hybridized carbons (Fsp3) is 0.929.